The van der Waals surface area contributed by atoms with Gasteiger partial charge in [-0.05, 0) is 37.4 Å². The highest BCUT2D eigenvalue weighted by Gasteiger charge is 2.18. The third-order valence-corrected chi connectivity index (χ3v) is 4.70. The predicted octanol–water partition coefficient (Wildman–Crippen LogP) is 3.95. The number of carbonyl (C=O) groups is 1. The molecule has 0 saturated heterocycles. The Kier molecular flexibility index (Phi) is 4.66. The minimum atomic E-state index is -0.217. The van der Waals surface area contributed by atoms with Gasteiger partial charge in [-0.25, -0.2) is 0 Å². The minimum absolute atomic E-state index is 0.186. The van der Waals surface area contributed by atoms with Crippen molar-refractivity contribution in [2.45, 2.75) is 19.9 Å². The number of amides is 1. The molecule has 24 heavy (non-hydrogen) atoms. The Hall–Kier alpha value is -2.60. The molecule has 1 unspecified atom stereocenters. The zero-order valence-corrected chi connectivity index (χ0v) is 14.6. The summed E-state index contributed by atoms with van der Waals surface area (Å²) in [5, 5.41) is 12.0. The van der Waals surface area contributed by atoms with Gasteiger partial charge in [0.25, 0.3) is 5.91 Å². The third kappa shape index (κ3) is 3.33. The standard InChI is InChI=1S/C18H19N3O2S/c1-11-6-7-16(23-3)13(9-11)12(2)19-18(22)15-10-14(20-21-15)17-5-4-8-24-17/h4-10,12H,1-3H3,(H,19,22)(H,20,21). The van der Waals surface area contributed by atoms with Gasteiger partial charge < -0.3 is 10.1 Å². The lowest BCUT2D eigenvalue weighted by Crippen LogP contribution is -2.27. The number of thiophene rings is 1. The maximum atomic E-state index is 12.5. The Morgan fingerprint density at radius 1 is 1.33 bits per heavy atom. The van der Waals surface area contributed by atoms with Gasteiger partial charge in [0.15, 0.2) is 5.69 Å². The largest absolute Gasteiger partial charge is 0.496 e. The van der Waals surface area contributed by atoms with Crippen LogP contribution in [0.2, 0.25) is 0 Å². The average Bonchev–Trinajstić information content (AvgIpc) is 3.25. The summed E-state index contributed by atoms with van der Waals surface area (Å²) >= 11 is 1.60. The van der Waals surface area contributed by atoms with Crippen LogP contribution in [0.3, 0.4) is 0 Å². The molecule has 3 rings (SSSR count). The van der Waals surface area contributed by atoms with Crippen LogP contribution in [-0.4, -0.2) is 23.2 Å². The summed E-state index contributed by atoms with van der Waals surface area (Å²) in [5.41, 5.74) is 3.28. The van der Waals surface area contributed by atoms with E-state index < -0.39 is 0 Å². The average molecular weight is 341 g/mol. The molecule has 0 aliphatic carbocycles. The highest BCUT2D eigenvalue weighted by molar-refractivity contribution is 7.13. The number of aromatic amines is 1. The lowest BCUT2D eigenvalue weighted by atomic mass is 10.0. The fourth-order valence-corrected chi connectivity index (χ4v) is 3.23. The van der Waals surface area contributed by atoms with E-state index in [1.54, 1.807) is 24.5 Å². The van der Waals surface area contributed by atoms with Gasteiger partial charge in [0.2, 0.25) is 0 Å². The van der Waals surface area contributed by atoms with Crippen molar-refractivity contribution in [2.75, 3.05) is 7.11 Å². The second-order valence-electron chi connectivity index (χ2n) is 5.58. The molecular weight excluding hydrogens is 322 g/mol. The first kappa shape index (κ1) is 16.3. The van der Waals surface area contributed by atoms with E-state index in [1.807, 2.05) is 49.6 Å². The quantitative estimate of drug-likeness (QED) is 0.738. The van der Waals surface area contributed by atoms with Gasteiger partial charge >= 0.3 is 0 Å². The Morgan fingerprint density at radius 3 is 2.88 bits per heavy atom. The number of aromatic nitrogens is 2. The number of benzene rings is 1. The fraction of sp³-hybridized carbons (Fsp3) is 0.222. The molecule has 0 fully saturated rings. The van der Waals surface area contributed by atoms with Crippen molar-refractivity contribution in [3.8, 4) is 16.3 Å². The third-order valence-electron chi connectivity index (χ3n) is 3.80. The van der Waals surface area contributed by atoms with Crippen molar-refractivity contribution in [3.05, 3.63) is 58.6 Å². The molecule has 1 atom stereocenters. The number of carbonyl (C=O) groups excluding carboxylic acids is 1. The van der Waals surface area contributed by atoms with Crippen LogP contribution in [0.15, 0.2) is 41.8 Å². The molecule has 0 radical (unpaired) electrons. The van der Waals surface area contributed by atoms with Gasteiger partial charge in [0.05, 0.1) is 23.7 Å². The van der Waals surface area contributed by atoms with Crippen LogP contribution in [0.1, 0.15) is 34.6 Å². The number of hydrogen-bond acceptors (Lipinski definition) is 4. The minimum Gasteiger partial charge on any atom is -0.496 e. The predicted molar refractivity (Wildman–Crippen MR) is 95.5 cm³/mol. The molecule has 0 saturated carbocycles. The molecule has 0 aliphatic rings. The number of methoxy groups -OCH3 is 1. The maximum absolute atomic E-state index is 12.5. The summed E-state index contributed by atoms with van der Waals surface area (Å²) in [6, 6.07) is 11.4. The van der Waals surface area contributed by atoms with Crippen molar-refractivity contribution in [1.29, 1.82) is 0 Å². The van der Waals surface area contributed by atoms with E-state index in [2.05, 4.69) is 15.5 Å². The lowest BCUT2D eigenvalue weighted by molar-refractivity contribution is 0.0934. The molecule has 6 heteroatoms. The number of rotatable bonds is 5. The molecular formula is C18H19N3O2S. The van der Waals surface area contributed by atoms with Gasteiger partial charge in [-0.15, -0.1) is 11.3 Å². The molecule has 2 heterocycles. The van der Waals surface area contributed by atoms with Crippen molar-refractivity contribution in [3.63, 3.8) is 0 Å². The van der Waals surface area contributed by atoms with E-state index in [0.29, 0.717) is 5.69 Å². The summed E-state index contributed by atoms with van der Waals surface area (Å²) in [6.07, 6.45) is 0. The molecule has 124 valence electrons. The van der Waals surface area contributed by atoms with Crippen molar-refractivity contribution < 1.29 is 9.53 Å². The van der Waals surface area contributed by atoms with E-state index in [0.717, 1.165) is 27.4 Å². The normalized spacial score (nSPS) is 12.0. The summed E-state index contributed by atoms with van der Waals surface area (Å²) < 4.78 is 5.39. The second kappa shape index (κ2) is 6.88. The number of H-pyrrole nitrogens is 1. The Bertz CT molecular complexity index is 840. The molecule has 2 aromatic heterocycles. The molecule has 0 aliphatic heterocycles. The topological polar surface area (TPSA) is 67.0 Å². The molecule has 1 aromatic carbocycles. The van der Waals surface area contributed by atoms with E-state index in [9.17, 15) is 4.79 Å². The zero-order chi connectivity index (χ0) is 17.1. The number of aryl methyl sites for hydroxylation is 1. The SMILES string of the molecule is COc1ccc(C)cc1C(C)NC(=O)c1cc(-c2cccs2)[nH]n1. The molecule has 2 N–H and O–H groups in total. The molecule has 1 amide bonds. The molecule has 3 aromatic rings. The Labute approximate surface area is 144 Å². The maximum Gasteiger partial charge on any atom is 0.272 e. The van der Waals surface area contributed by atoms with Crippen molar-refractivity contribution >= 4 is 17.2 Å². The summed E-state index contributed by atoms with van der Waals surface area (Å²) in [6.45, 7) is 3.94. The van der Waals surface area contributed by atoms with E-state index in [1.165, 1.54) is 0 Å². The summed E-state index contributed by atoms with van der Waals surface area (Å²) in [7, 11) is 1.63. The molecule has 0 spiro atoms. The number of nitrogens with zero attached hydrogens (tertiary/aromatic N) is 1. The van der Waals surface area contributed by atoms with Crippen LogP contribution in [0, 0.1) is 6.92 Å². The van der Waals surface area contributed by atoms with Crippen molar-refractivity contribution in [1.82, 2.24) is 15.5 Å². The van der Waals surface area contributed by atoms with Gasteiger partial charge in [0, 0.05) is 5.56 Å². The molecule has 0 bridgehead atoms. The monoisotopic (exact) mass is 341 g/mol. The first-order valence-corrected chi connectivity index (χ1v) is 8.51. The first-order chi connectivity index (χ1) is 11.6. The van der Waals surface area contributed by atoms with Gasteiger partial charge in [-0.2, -0.15) is 5.10 Å². The lowest BCUT2D eigenvalue weighted by Gasteiger charge is -2.17. The van der Waals surface area contributed by atoms with E-state index >= 15 is 0 Å². The van der Waals surface area contributed by atoms with Gasteiger partial charge in [-0.1, -0.05) is 23.8 Å². The van der Waals surface area contributed by atoms with E-state index in [4.69, 9.17) is 4.74 Å². The molecule has 5 nitrogen and oxygen atoms in total. The smallest absolute Gasteiger partial charge is 0.272 e. The summed E-state index contributed by atoms with van der Waals surface area (Å²) in [5.74, 6) is 0.541. The van der Waals surface area contributed by atoms with Crippen molar-refractivity contribution in [2.24, 2.45) is 0 Å². The fourth-order valence-electron chi connectivity index (χ4n) is 2.54. The van der Waals surface area contributed by atoms with E-state index in [-0.39, 0.29) is 11.9 Å². The van der Waals surface area contributed by atoms with Crippen LogP contribution in [0.5, 0.6) is 5.75 Å². The Morgan fingerprint density at radius 2 is 2.17 bits per heavy atom. The highest BCUT2D eigenvalue weighted by atomic mass is 32.1. The van der Waals surface area contributed by atoms with Gasteiger partial charge in [0.1, 0.15) is 5.75 Å². The Balaban J connectivity index is 1.76. The van der Waals surface area contributed by atoms with Crippen LogP contribution in [0.4, 0.5) is 0 Å². The first-order valence-electron chi connectivity index (χ1n) is 7.63. The van der Waals surface area contributed by atoms with Crippen LogP contribution < -0.4 is 10.1 Å². The zero-order valence-electron chi connectivity index (χ0n) is 13.8. The second-order valence-corrected chi connectivity index (χ2v) is 6.53. The summed E-state index contributed by atoms with van der Waals surface area (Å²) in [4.78, 5) is 13.5. The number of hydrogen-bond donors (Lipinski definition) is 2. The highest BCUT2D eigenvalue weighted by Crippen LogP contribution is 2.27. The van der Waals surface area contributed by atoms with Crippen LogP contribution >= 0.6 is 11.3 Å². The van der Waals surface area contributed by atoms with Crippen LogP contribution in [0.25, 0.3) is 10.6 Å². The van der Waals surface area contributed by atoms with Gasteiger partial charge in [-0.3, -0.25) is 9.89 Å². The number of nitrogens with one attached hydrogen (secondary N) is 2. The number of ether oxygens (including phenoxy) is 1. The van der Waals surface area contributed by atoms with Crippen LogP contribution in [-0.2, 0) is 0 Å².